The van der Waals surface area contributed by atoms with E-state index in [-0.39, 0.29) is 13.2 Å². The van der Waals surface area contributed by atoms with E-state index < -0.39 is 5.54 Å². The van der Waals surface area contributed by atoms with E-state index in [9.17, 15) is 10.2 Å². The summed E-state index contributed by atoms with van der Waals surface area (Å²) in [5.74, 6) is 1.30. The predicted molar refractivity (Wildman–Crippen MR) is 79.1 cm³/mol. The lowest BCUT2D eigenvalue weighted by Crippen LogP contribution is -2.43. The molecule has 0 amide bonds. The molecule has 1 heterocycles. The summed E-state index contributed by atoms with van der Waals surface area (Å²) in [6.07, 6.45) is 0. The molecular formula is C12H24N6O2. The van der Waals surface area contributed by atoms with Crippen molar-refractivity contribution >= 4 is 17.8 Å². The van der Waals surface area contributed by atoms with Gasteiger partial charge in [-0.3, -0.25) is 0 Å². The van der Waals surface area contributed by atoms with Crippen molar-refractivity contribution in [1.29, 1.82) is 0 Å². The molecule has 0 aromatic carbocycles. The zero-order chi connectivity index (χ0) is 15.2. The number of aliphatic hydroxyl groups excluding tert-OH is 2. The predicted octanol–water partition coefficient (Wildman–Crippen LogP) is -0.0853. The molecular weight excluding hydrogens is 260 g/mol. The Kier molecular flexibility index (Phi) is 5.90. The maximum Gasteiger partial charge on any atom is 0.231 e. The molecule has 8 nitrogen and oxygen atoms in total. The Bertz CT molecular complexity index is 420. The minimum absolute atomic E-state index is 0.231. The molecule has 0 aliphatic heterocycles. The van der Waals surface area contributed by atoms with Gasteiger partial charge >= 0.3 is 0 Å². The molecule has 8 heteroatoms. The van der Waals surface area contributed by atoms with Crippen LogP contribution in [0.25, 0.3) is 0 Å². The van der Waals surface area contributed by atoms with Gasteiger partial charge in [0.2, 0.25) is 17.8 Å². The molecule has 0 radical (unpaired) electrons. The number of nitrogens with zero attached hydrogens (tertiary/aromatic N) is 4. The molecule has 0 fully saturated rings. The van der Waals surface area contributed by atoms with E-state index in [1.807, 2.05) is 18.7 Å². The Morgan fingerprint density at radius 3 is 2.05 bits per heavy atom. The molecule has 0 saturated carbocycles. The summed E-state index contributed by atoms with van der Waals surface area (Å²) in [4.78, 5) is 14.8. The second-order valence-electron chi connectivity index (χ2n) is 4.71. The fraction of sp³-hybridized carbons (Fsp3) is 0.750. The van der Waals surface area contributed by atoms with Crippen molar-refractivity contribution in [3.63, 3.8) is 0 Å². The van der Waals surface area contributed by atoms with E-state index in [2.05, 4.69) is 25.6 Å². The highest BCUT2D eigenvalue weighted by atomic mass is 16.3. The average molecular weight is 284 g/mol. The Balaban J connectivity index is 3.10. The van der Waals surface area contributed by atoms with Crippen molar-refractivity contribution in [2.75, 3.05) is 48.9 Å². The number of rotatable bonds is 8. The van der Waals surface area contributed by atoms with Crippen molar-refractivity contribution in [3.8, 4) is 0 Å². The fourth-order valence-electron chi connectivity index (χ4n) is 1.58. The van der Waals surface area contributed by atoms with E-state index in [1.54, 1.807) is 14.0 Å². The lowest BCUT2D eigenvalue weighted by molar-refractivity contribution is 0.147. The van der Waals surface area contributed by atoms with Crippen LogP contribution in [-0.4, -0.2) is 64.1 Å². The van der Waals surface area contributed by atoms with Crippen LogP contribution in [0.4, 0.5) is 17.8 Å². The highest BCUT2D eigenvalue weighted by Crippen LogP contribution is 2.16. The van der Waals surface area contributed by atoms with Gasteiger partial charge in [-0.15, -0.1) is 0 Å². The molecule has 0 aliphatic carbocycles. The zero-order valence-corrected chi connectivity index (χ0v) is 12.5. The van der Waals surface area contributed by atoms with Gasteiger partial charge in [0, 0.05) is 20.1 Å². The molecule has 1 aromatic heterocycles. The van der Waals surface area contributed by atoms with Crippen LogP contribution in [-0.2, 0) is 0 Å². The number of hydrogen-bond acceptors (Lipinski definition) is 8. The minimum Gasteiger partial charge on any atom is -0.394 e. The van der Waals surface area contributed by atoms with E-state index in [4.69, 9.17) is 0 Å². The second kappa shape index (κ2) is 7.20. The number of aromatic nitrogens is 3. The van der Waals surface area contributed by atoms with E-state index in [0.717, 1.165) is 13.1 Å². The molecule has 0 atom stereocenters. The normalized spacial score (nSPS) is 11.3. The summed E-state index contributed by atoms with van der Waals surface area (Å²) in [6, 6.07) is 0. The van der Waals surface area contributed by atoms with Crippen LogP contribution in [0, 0.1) is 0 Å². The van der Waals surface area contributed by atoms with Gasteiger partial charge in [0.25, 0.3) is 0 Å². The van der Waals surface area contributed by atoms with Crippen LogP contribution in [0.5, 0.6) is 0 Å². The molecule has 0 saturated heterocycles. The van der Waals surface area contributed by atoms with Gasteiger partial charge < -0.3 is 25.7 Å². The quantitative estimate of drug-likeness (QED) is 0.525. The van der Waals surface area contributed by atoms with Gasteiger partial charge in [0.05, 0.1) is 18.8 Å². The zero-order valence-electron chi connectivity index (χ0n) is 12.5. The Labute approximate surface area is 119 Å². The smallest absolute Gasteiger partial charge is 0.231 e. The lowest BCUT2D eigenvalue weighted by Gasteiger charge is -2.27. The first kappa shape index (κ1) is 16.4. The SMILES string of the molecule is CCN(CC)c1nc(NC)nc(NC(C)(CO)CO)n1. The topological polar surface area (TPSA) is 106 Å². The molecule has 114 valence electrons. The minimum atomic E-state index is -0.882. The first-order chi connectivity index (χ1) is 9.51. The Morgan fingerprint density at radius 1 is 1.05 bits per heavy atom. The van der Waals surface area contributed by atoms with Crippen LogP contribution in [0.2, 0.25) is 0 Å². The van der Waals surface area contributed by atoms with Crippen LogP contribution in [0.3, 0.4) is 0 Å². The van der Waals surface area contributed by atoms with Crippen LogP contribution in [0.1, 0.15) is 20.8 Å². The van der Waals surface area contributed by atoms with Crippen molar-refractivity contribution in [2.24, 2.45) is 0 Å². The number of anilines is 3. The monoisotopic (exact) mass is 284 g/mol. The maximum atomic E-state index is 9.32. The molecule has 0 bridgehead atoms. The molecule has 1 aromatic rings. The Morgan fingerprint density at radius 2 is 1.60 bits per heavy atom. The van der Waals surface area contributed by atoms with Crippen molar-refractivity contribution in [1.82, 2.24) is 15.0 Å². The standard InChI is InChI=1S/C12H24N6O2/c1-5-18(6-2)11-15-9(13-4)14-10(16-11)17-12(3,7-19)8-20/h19-20H,5-8H2,1-4H3,(H2,13,14,15,16,17). The van der Waals surface area contributed by atoms with Crippen molar-refractivity contribution in [2.45, 2.75) is 26.3 Å². The van der Waals surface area contributed by atoms with Gasteiger partial charge in [-0.05, 0) is 20.8 Å². The molecule has 0 unspecified atom stereocenters. The van der Waals surface area contributed by atoms with Gasteiger partial charge in [-0.1, -0.05) is 0 Å². The van der Waals surface area contributed by atoms with E-state index >= 15 is 0 Å². The first-order valence-electron chi connectivity index (χ1n) is 6.70. The van der Waals surface area contributed by atoms with Gasteiger partial charge in [0.15, 0.2) is 0 Å². The summed E-state index contributed by atoms with van der Waals surface area (Å²) in [5.41, 5.74) is -0.882. The molecule has 1 rings (SSSR count). The second-order valence-corrected chi connectivity index (χ2v) is 4.71. The van der Waals surface area contributed by atoms with Gasteiger partial charge in [0.1, 0.15) is 0 Å². The molecule has 20 heavy (non-hydrogen) atoms. The number of hydrogen-bond donors (Lipinski definition) is 4. The van der Waals surface area contributed by atoms with E-state index in [1.165, 1.54) is 0 Å². The van der Waals surface area contributed by atoms with Crippen LogP contribution >= 0.6 is 0 Å². The highest BCUT2D eigenvalue weighted by Gasteiger charge is 2.24. The largest absolute Gasteiger partial charge is 0.394 e. The van der Waals surface area contributed by atoms with Gasteiger partial charge in [-0.25, -0.2) is 0 Å². The number of aliphatic hydroxyl groups is 2. The van der Waals surface area contributed by atoms with E-state index in [0.29, 0.717) is 17.8 Å². The third-order valence-electron chi connectivity index (χ3n) is 3.01. The average Bonchev–Trinajstić information content (AvgIpc) is 2.48. The Hall–Kier alpha value is -1.67. The van der Waals surface area contributed by atoms with Crippen molar-refractivity contribution < 1.29 is 10.2 Å². The van der Waals surface area contributed by atoms with Crippen LogP contribution < -0.4 is 15.5 Å². The van der Waals surface area contributed by atoms with Gasteiger partial charge in [-0.2, -0.15) is 15.0 Å². The lowest BCUT2D eigenvalue weighted by atomic mass is 10.1. The summed E-state index contributed by atoms with van der Waals surface area (Å²) in [6.45, 7) is 6.82. The first-order valence-corrected chi connectivity index (χ1v) is 6.70. The maximum absolute atomic E-state index is 9.32. The third kappa shape index (κ3) is 3.91. The number of nitrogens with one attached hydrogen (secondary N) is 2. The molecule has 4 N–H and O–H groups in total. The fourth-order valence-corrected chi connectivity index (χ4v) is 1.58. The molecule has 0 spiro atoms. The van der Waals surface area contributed by atoms with Crippen LogP contribution in [0.15, 0.2) is 0 Å². The van der Waals surface area contributed by atoms with Crippen molar-refractivity contribution in [3.05, 3.63) is 0 Å². The summed E-state index contributed by atoms with van der Waals surface area (Å²) in [5, 5.41) is 24.5. The summed E-state index contributed by atoms with van der Waals surface area (Å²) in [7, 11) is 1.72. The molecule has 0 aliphatic rings. The summed E-state index contributed by atoms with van der Waals surface area (Å²) < 4.78 is 0. The third-order valence-corrected chi connectivity index (χ3v) is 3.01. The summed E-state index contributed by atoms with van der Waals surface area (Å²) >= 11 is 0. The highest BCUT2D eigenvalue weighted by molar-refractivity contribution is 5.44.